The maximum absolute atomic E-state index is 14.8. The van der Waals surface area contributed by atoms with Gasteiger partial charge in [0.1, 0.15) is 72.1 Å². The zero-order valence-electron chi connectivity index (χ0n) is 115. The molecule has 0 bridgehead atoms. The summed E-state index contributed by atoms with van der Waals surface area (Å²) in [5, 5.41) is 166. The molecule has 48 heteroatoms. The van der Waals surface area contributed by atoms with Gasteiger partial charge in [0, 0.05) is 121 Å². The van der Waals surface area contributed by atoms with Gasteiger partial charge in [0.2, 0.25) is 0 Å². The SMILES string of the molecule is [2H]c1c([2H])c([C@@]2([2H])[C@H](Nc3nc(SCCC)nc4c3nnn4[C@@H]3C[C@H](OCCO)[C@@H](O)[C@H]3O)C2([2H])[2H])c([2H])c(F)c1C.[2H]c1c([2H])c([C@]2([2H])C[C@H]2Nc2nc(SC([2H])([2H])C([2H])([2H])C)nc3c2nnn3[C@@H]2C[C@H](OC([2H])([2H])C([2H])([2H])O)[C@@H](O)[C@H]2O)c([2H])c(F)c1C.[2H]c1c([2H])c([C@]2([2H])C[C@H]2Nc2nc(SC([2H])([2H])C([2H])([2H])C)nc3c2nnn3[C@@H]2C[C@H](OC([2H])([2H])CO)[C@@H](O)[C@H]2O)c([2H])c(F)c1C.[2H]c1c([2H])c([C@]2([2H])C[C@H]2Nc2nc(SC([2H])([2H])C([2H])([2H])C)nc3c2nnn3[C@@H]2C[C@H](OCC([2H])([2H])O)[C@@H](O)[C@H]2O)c([2H])c(F)c1C. The smallest absolute Gasteiger partial charge is 0.191 e. The molecule has 40 nitrogen and oxygen atoms in total. The standard InChI is InChI=1S/4C24H31FN6O4S/c4*1-3-8-36-24-27-22(26-16-10-14(16)13-5-4-12(2)15(25)9-13)19-23(28-24)31(30-29-19)17-11-18(35-7-6-32)21(34)20(17)33/h4*4-5,9,14,16-18,20-21,32-34H,3,6-8,10-11H2,1-2H3,(H,26,27,28)/t4*14-,16+,17+,18-,20-,21+/m0000/s1/i3D2,4D,5D,6D2,7D2,8D2,9D,14D;3D2,4D,5D,7D2,8D2,9D,14D;3D2,4D,5D,6D2,8D2,9D,14D;4D,5D,9D,10D2,14D. The van der Waals surface area contributed by atoms with Crippen molar-refractivity contribution >= 4 is 115 Å². The third kappa shape index (κ3) is 23.8. The van der Waals surface area contributed by atoms with Gasteiger partial charge in [-0.05, 0) is 148 Å². The predicted octanol–water partition coefficient (Wildman–Crippen LogP) is 8.73. The van der Waals surface area contributed by atoms with E-state index in [1.807, 2.05) is 6.92 Å². The zero-order valence-corrected chi connectivity index (χ0v) is 80.6. The number of aliphatic hydroxyl groups excluding tert-OH is 10. The van der Waals surface area contributed by atoms with Gasteiger partial charge in [0.15, 0.2) is 88.6 Å². The van der Waals surface area contributed by atoms with E-state index in [1.165, 1.54) is 44.1 Å². The molecular formula is C96H124F4N24O16S4. The molecule has 0 unspecified atom stereocenters. The molecular weight excluding hydrogens is 1950 g/mol. The number of hydrogen-bond acceptors (Lipinski definition) is 40. The Bertz CT molecular complexity index is 8440. The van der Waals surface area contributed by atoms with Gasteiger partial charge in [0.05, 0.1) is 129 Å². The van der Waals surface area contributed by atoms with Gasteiger partial charge in [-0.1, -0.05) is 144 Å². The molecule has 16 N–H and O–H groups in total. The summed E-state index contributed by atoms with van der Waals surface area (Å²) < 4.78 is 393. The number of ether oxygens (including phenoxy) is 4. The molecule has 0 spiro atoms. The molecule has 8 aliphatic carbocycles. The number of fused-ring (bicyclic) bond motifs is 4. The minimum Gasteiger partial charge on any atom is -0.394 e. The van der Waals surface area contributed by atoms with Crippen LogP contribution in [-0.4, -0.2) is 334 Å². The zero-order chi connectivity index (χ0) is 135. The van der Waals surface area contributed by atoms with Crippen LogP contribution in [0, 0.1) is 51.0 Å². The minimum atomic E-state index is -3.47. The fraction of sp³-hybridized carbons (Fsp3) is 0.583. The Kier molecular flexibility index (Phi) is 22.2. The first-order valence-corrected chi connectivity index (χ1v) is 48.3. The molecule has 12 aromatic rings. The highest BCUT2D eigenvalue weighted by Crippen LogP contribution is 2.50. The molecule has 8 fully saturated rings. The Labute approximate surface area is 897 Å². The molecule has 0 aliphatic heterocycles. The lowest BCUT2D eigenvalue weighted by Gasteiger charge is -2.17. The number of nitrogens with zero attached hydrogens (tertiary/aromatic N) is 20. The summed E-state index contributed by atoms with van der Waals surface area (Å²) in [5.74, 6) is -11.4. The van der Waals surface area contributed by atoms with Crippen molar-refractivity contribution < 1.29 is 150 Å². The lowest BCUT2D eigenvalue weighted by atomic mass is 10.1. The number of thioether (sulfide) groups is 4. The van der Waals surface area contributed by atoms with Crippen molar-refractivity contribution in [1.29, 1.82) is 0 Å². The summed E-state index contributed by atoms with van der Waals surface area (Å²) >= 11 is 2.27. The van der Waals surface area contributed by atoms with Gasteiger partial charge in [-0.15, -0.1) is 20.4 Å². The number of nitrogens with one attached hydrogen (secondary N) is 4. The van der Waals surface area contributed by atoms with Gasteiger partial charge in [0.25, 0.3) is 0 Å². The fourth-order valence-corrected chi connectivity index (χ4v) is 18.5. The van der Waals surface area contributed by atoms with Crippen LogP contribution >= 0.6 is 47.0 Å². The Morgan fingerprint density at radius 1 is 0.375 bits per heavy atom. The van der Waals surface area contributed by atoms with Crippen LogP contribution in [0.15, 0.2) is 93.1 Å². The van der Waals surface area contributed by atoms with Crippen LogP contribution in [0.2, 0.25) is 0 Å². The first-order valence-electron chi connectivity index (χ1n) is 63.9. The third-order valence-electron chi connectivity index (χ3n) is 24.1. The van der Waals surface area contributed by atoms with Crippen molar-refractivity contribution in [3.05, 3.63) is 140 Å². The molecule has 20 rings (SSSR count). The summed E-state index contributed by atoms with van der Waals surface area (Å²) in [6, 6.07) is -15.1. The average Bonchev–Trinajstić information content (AvgIpc) is 1.49. The summed E-state index contributed by atoms with van der Waals surface area (Å²) in [7, 11) is 0. The van der Waals surface area contributed by atoms with Crippen molar-refractivity contribution in [2.45, 2.75) is 298 Å². The fourth-order valence-electron chi connectivity index (χ4n) is 16.4. The molecule has 0 radical (unpaired) electrons. The second kappa shape index (κ2) is 47.3. The lowest BCUT2D eigenvalue weighted by Crippen LogP contribution is -2.33. The maximum atomic E-state index is 14.8. The highest BCUT2D eigenvalue weighted by molar-refractivity contribution is 7.99. The number of aromatic nitrogens is 20. The first kappa shape index (κ1) is 67.4. The van der Waals surface area contributed by atoms with Crippen molar-refractivity contribution in [1.82, 2.24) is 99.8 Å². The summed E-state index contributed by atoms with van der Waals surface area (Å²) in [6.07, 6.45) is -26.5. The predicted molar refractivity (Wildman–Crippen MR) is 530 cm³/mol. The van der Waals surface area contributed by atoms with E-state index in [0.29, 0.717) is 41.0 Å². The van der Waals surface area contributed by atoms with E-state index in [-0.39, 0.29) is 179 Å². The molecule has 8 saturated carbocycles. The topological polar surface area (TPSA) is 554 Å². The summed E-state index contributed by atoms with van der Waals surface area (Å²) in [4.78, 5) is 34.8. The van der Waals surface area contributed by atoms with Crippen molar-refractivity contribution in [3.8, 4) is 0 Å². The number of aliphatic hydroxyl groups is 12. The molecule has 8 aliphatic rings. The van der Waals surface area contributed by atoms with Gasteiger partial charge < -0.3 is 101 Å². The van der Waals surface area contributed by atoms with E-state index < -0.39 is 335 Å². The number of benzene rings is 4. The van der Waals surface area contributed by atoms with Crippen LogP contribution in [0.3, 0.4) is 0 Å². The number of halogens is 4. The van der Waals surface area contributed by atoms with Crippen LogP contribution in [0.25, 0.3) is 44.7 Å². The second-order valence-corrected chi connectivity index (χ2v) is 37.1. The van der Waals surface area contributed by atoms with Gasteiger partial charge in [-0.25, -0.2) is 76.2 Å². The second-order valence-electron chi connectivity index (χ2n) is 33.7. The molecule has 8 aromatic heterocycles. The maximum Gasteiger partial charge on any atom is 0.191 e. The van der Waals surface area contributed by atoms with E-state index in [9.17, 15) is 73.7 Å². The number of hydrogen-bond donors (Lipinski definition) is 16. The van der Waals surface area contributed by atoms with E-state index in [2.05, 4.69) is 102 Å². The number of rotatable bonds is 40. The van der Waals surface area contributed by atoms with Gasteiger partial charge in [-0.3, -0.25) is 0 Å². The summed E-state index contributed by atoms with van der Waals surface area (Å²) in [5.41, 5.74) is -10.3. The summed E-state index contributed by atoms with van der Waals surface area (Å²) in [6.45, 7) is -4.00. The van der Waals surface area contributed by atoms with Crippen molar-refractivity contribution in [2.24, 2.45) is 0 Å². The van der Waals surface area contributed by atoms with Crippen LogP contribution in [-0.2, 0) is 18.9 Å². The highest BCUT2D eigenvalue weighted by Gasteiger charge is 2.51. The van der Waals surface area contributed by atoms with Crippen molar-refractivity contribution in [3.63, 3.8) is 0 Å². The Balaban J connectivity index is 0.000000160. The average molecular weight is 2110 g/mol. The third-order valence-corrected chi connectivity index (χ3v) is 27.2. The van der Waals surface area contributed by atoms with Crippen LogP contribution < -0.4 is 21.3 Å². The molecule has 24 atom stereocenters. The Morgan fingerprint density at radius 2 is 0.674 bits per heavy atom. The van der Waals surface area contributed by atoms with Crippen LogP contribution in [0.1, 0.15) is 249 Å². The van der Waals surface area contributed by atoms with Crippen LogP contribution in [0.4, 0.5) is 40.8 Å². The Morgan fingerprint density at radius 3 is 0.972 bits per heavy atom. The largest absolute Gasteiger partial charge is 0.394 e. The van der Waals surface area contributed by atoms with E-state index in [0.717, 1.165) is 41.2 Å². The van der Waals surface area contributed by atoms with E-state index in [1.54, 1.807) is 0 Å². The molecule has 8 heterocycles. The quantitative estimate of drug-likeness (QED) is 0.00969. The van der Waals surface area contributed by atoms with E-state index in [4.69, 9.17) is 76.1 Å². The monoisotopic (exact) mass is 2110 g/mol. The Hall–Kier alpha value is -9.52. The normalized spacial score (nSPS) is 34.8. The molecule has 0 amide bonds. The lowest BCUT2D eigenvalue weighted by molar-refractivity contribution is -0.0629. The first-order chi connectivity index (χ1) is 83.8. The molecule has 776 valence electrons. The number of anilines is 4. The van der Waals surface area contributed by atoms with Crippen molar-refractivity contribution in [2.75, 3.05) is 96.8 Å². The highest BCUT2D eigenvalue weighted by atomic mass is 32.2. The molecule has 0 saturated heterocycles. The molecule has 4 aromatic carbocycles. The molecule has 144 heavy (non-hydrogen) atoms. The van der Waals surface area contributed by atoms with Gasteiger partial charge >= 0.3 is 0 Å². The van der Waals surface area contributed by atoms with Crippen LogP contribution in [0.5, 0.6) is 0 Å². The van der Waals surface area contributed by atoms with Gasteiger partial charge in [-0.2, -0.15) is 0 Å². The minimum absolute atomic E-state index is 0.00529. The van der Waals surface area contributed by atoms with E-state index >= 15 is 0 Å².